The molecule has 0 radical (unpaired) electrons. The summed E-state index contributed by atoms with van der Waals surface area (Å²) < 4.78 is 6.60. The van der Waals surface area contributed by atoms with Gasteiger partial charge in [-0.15, -0.1) is 0 Å². The molecule has 2 nitrogen and oxygen atoms in total. The SMILES string of the molecule is CCC1CCCCC1OC(CNC1CC1)c1ccccc1. The molecule has 1 N–H and O–H groups in total. The Balaban J connectivity index is 1.65. The quantitative estimate of drug-likeness (QED) is 0.799. The third kappa shape index (κ3) is 4.31. The van der Waals surface area contributed by atoms with E-state index >= 15 is 0 Å². The molecule has 3 unspecified atom stereocenters. The van der Waals surface area contributed by atoms with Crippen molar-refractivity contribution >= 4 is 0 Å². The van der Waals surface area contributed by atoms with Crippen LogP contribution in [0, 0.1) is 5.92 Å². The Labute approximate surface area is 129 Å². The van der Waals surface area contributed by atoms with Gasteiger partial charge in [0, 0.05) is 12.6 Å². The first kappa shape index (κ1) is 15.1. The van der Waals surface area contributed by atoms with E-state index in [0.717, 1.165) is 18.5 Å². The average molecular weight is 287 g/mol. The molecule has 2 fully saturated rings. The Morgan fingerprint density at radius 2 is 1.86 bits per heavy atom. The third-order valence-electron chi connectivity index (χ3n) is 5.04. The topological polar surface area (TPSA) is 21.3 Å². The molecule has 2 aliphatic rings. The van der Waals surface area contributed by atoms with Crippen molar-refractivity contribution in [3.63, 3.8) is 0 Å². The van der Waals surface area contributed by atoms with E-state index in [2.05, 4.69) is 42.6 Å². The largest absolute Gasteiger partial charge is 0.369 e. The highest BCUT2D eigenvalue weighted by atomic mass is 16.5. The Bertz CT molecular complexity index is 415. The van der Waals surface area contributed by atoms with E-state index in [1.165, 1.54) is 50.5 Å². The van der Waals surface area contributed by atoms with E-state index in [1.54, 1.807) is 0 Å². The second kappa shape index (κ2) is 7.42. The van der Waals surface area contributed by atoms with Crippen LogP contribution < -0.4 is 5.32 Å². The Morgan fingerprint density at radius 3 is 2.57 bits per heavy atom. The lowest BCUT2D eigenvalue weighted by Crippen LogP contribution is -2.33. The lowest BCUT2D eigenvalue weighted by atomic mass is 9.84. The third-order valence-corrected chi connectivity index (χ3v) is 5.04. The molecular weight excluding hydrogens is 258 g/mol. The highest BCUT2D eigenvalue weighted by molar-refractivity contribution is 5.18. The minimum absolute atomic E-state index is 0.212. The molecule has 0 bridgehead atoms. The predicted molar refractivity (Wildman–Crippen MR) is 87.3 cm³/mol. The summed E-state index contributed by atoms with van der Waals surface area (Å²) in [6.07, 6.45) is 9.89. The second-order valence-electron chi connectivity index (χ2n) is 6.71. The second-order valence-corrected chi connectivity index (χ2v) is 6.71. The first-order valence-corrected chi connectivity index (χ1v) is 8.80. The van der Waals surface area contributed by atoms with Crippen molar-refractivity contribution in [3.05, 3.63) is 35.9 Å². The molecule has 0 aromatic heterocycles. The molecule has 116 valence electrons. The maximum absolute atomic E-state index is 6.60. The summed E-state index contributed by atoms with van der Waals surface area (Å²) >= 11 is 0. The van der Waals surface area contributed by atoms with Gasteiger partial charge in [-0.3, -0.25) is 0 Å². The predicted octanol–water partition coefficient (Wildman–Crippen LogP) is 4.47. The fraction of sp³-hybridized carbons (Fsp3) is 0.684. The fourth-order valence-corrected chi connectivity index (χ4v) is 3.50. The summed E-state index contributed by atoms with van der Waals surface area (Å²) in [5.41, 5.74) is 1.33. The normalized spacial score (nSPS) is 27.5. The van der Waals surface area contributed by atoms with Crippen LogP contribution in [0.3, 0.4) is 0 Å². The lowest BCUT2D eigenvalue weighted by molar-refractivity contribution is -0.0617. The van der Waals surface area contributed by atoms with E-state index in [4.69, 9.17) is 4.74 Å². The van der Waals surface area contributed by atoms with E-state index < -0.39 is 0 Å². The van der Waals surface area contributed by atoms with Crippen molar-refractivity contribution < 1.29 is 4.74 Å². The summed E-state index contributed by atoms with van der Waals surface area (Å²) in [5, 5.41) is 3.65. The van der Waals surface area contributed by atoms with Gasteiger partial charge in [0.2, 0.25) is 0 Å². The molecule has 0 spiro atoms. The minimum atomic E-state index is 0.212. The number of hydrogen-bond acceptors (Lipinski definition) is 2. The van der Waals surface area contributed by atoms with Crippen molar-refractivity contribution in [2.75, 3.05) is 6.54 Å². The highest BCUT2D eigenvalue weighted by Crippen LogP contribution is 2.33. The summed E-state index contributed by atoms with van der Waals surface area (Å²) in [4.78, 5) is 0. The zero-order chi connectivity index (χ0) is 14.5. The Kier molecular flexibility index (Phi) is 5.32. The smallest absolute Gasteiger partial charge is 0.0953 e. The van der Waals surface area contributed by atoms with Crippen molar-refractivity contribution in [1.82, 2.24) is 5.32 Å². The highest BCUT2D eigenvalue weighted by Gasteiger charge is 2.29. The van der Waals surface area contributed by atoms with Gasteiger partial charge in [-0.1, -0.05) is 56.5 Å². The van der Waals surface area contributed by atoms with Gasteiger partial charge in [-0.2, -0.15) is 0 Å². The number of rotatable bonds is 7. The molecule has 3 rings (SSSR count). The van der Waals surface area contributed by atoms with Gasteiger partial charge in [-0.05, 0) is 37.2 Å². The van der Waals surface area contributed by atoms with Crippen LogP contribution in [0.1, 0.15) is 63.5 Å². The zero-order valence-electron chi connectivity index (χ0n) is 13.3. The van der Waals surface area contributed by atoms with Crippen LogP contribution in [0.15, 0.2) is 30.3 Å². The van der Waals surface area contributed by atoms with Crippen LogP contribution in [-0.4, -0.2) is 18.7 Å². The first-order chi connectivity index (χ1) is 10.4. The fourth-order valence-electron chi connectivity index (χ4n) is 3.50. The van der Waals surface area contributed by atoms with E-state index in [-0.39, 0.29) is 6.10 Å². The van der Waals surface area contributed by atoms with Crippen LogP contribution in [0.4, 0.5) is 0 Å². The minimum Gasteiger partial charge on any atom is -0.369 e. The van der Waals surface area contributed by atoms with Gasteiger partial charge in [0.1, 0.15) is 0 Å². The van der Waals surface area contributed by atoms with Gasteiger partial charge < -0.3 is 10.1 Å². The molecule has 0 heterocycles. The van der Waals surface area contributed by atoms with Gasteiger partial charge in [0.05, 0.1) is 12.2 Å². The van der Waals surface area contributed by atoms with Crippen molar-refractivity contribution in [1.29, 1.82) is 0 Å². The molecule has 3 atom stereocenters. The molecule has 2 aliphatic carbocycles. The maximum atomic E-state index is 6.60. The van der Waals surface area contributed by atoms with Crippen LogP contribution in [0.5, 0.6) is 0 Å². The van der Waals surface area contributed by atoms with E-state index in [9.17, 15) is 0 Å². The van der Waals surface area contributed by atoms with Crippen molar-refractivity contribution in [3.8, 4) is 0 Å². The number of benzene rings is 1. The van der Waals surface area contributed by atoms with Crippen molar-refractivity contribution in [2.45, 2.75) is 70.1 Å². The Hall–Kier alpha value is -0.860. The molecule has 2 saturated carbocycles. The molecule has 1 aromatic rings. The van der Waals surface area contributed by atoms with Crippen LogP contribution in [0.25, 0.3) is 0 Å². The molecular formula is C19H29NO. The summed E-state index contributed by atoms with van der Waals surface area (Å²) in [7, 11) is 0. The van der Waals surface area contributed by atoms with Crippen molar-refractivity contribution in [2.24, 2.45) is 5.92 Å². The molecule has 21 heavy (non-hydrogen) atoms. The first-order valence-electron chi connectivity index (χ1n) is 8.80. The summed E-state index contributed by atoms with van der Waals surface area (Å²) in [6.45, 7) is 3.27. The molecule has 0 saturated heterocycles. The number of ether oxygens (including phenoxy) is 1. The molecule has 0 amide bonds. The standard InChI is InChI=1S/C19H29NO/c1-2-15-8-6-7-11-18(15)21-19(14-20-17-12-13-17)16-9-4-3-5-10-16/h3-5,9-10,15,17-20H,2,6-8,11-14H2,1H3. The Morgan fingerprint density at radius 1 is 1.10 bits per heavy atom. The van der Waals surface area contributed by atoms with Crippen LogP contribution >= 0.6 is 0 Å². The van der Waals surface area contributed by atoms with Gasteiger partial charge in [-0.25, -0.2) is 0 Å². The number of nitrogens with one attached hydrogen (secondary N) is 1. The van der Waals surface area contributed by atoms with E-state index in [1.807, 2.05) is 0 Å². The van der Waals surface area contributed by atoms with Gasteiger partial charge >= 0.3 is 0 Å². The lowest BCUT2D eigenvalue weighted by Gasteiger charge is -2.34. The van der Waals surface area contributed by atoms with Gasteiger partial charge in [0.15, 0.2) is 0 Å². The summed E-state index contributed by atoms with van der Waals surface area (Å²) in [5.74, 6) is 0.755. The van der Waals surface area contributed by atoms with Crippen LogP contribution in [0.2, 0.25) is 0 Å². The molecule has 0 aliphatic heterocycles. The maximum Gasteiger partial charge on any atom is 0.0953 e. The van der Waals surface area contributed by atoms with Crippen LogP contribution in [-0.2, 0) is 4.74 Å². The summed E-state index contributed by atoms with van der Waals surface area (Å²) in [6, 6.07) is 11.5. The molecule has 1 aromatic carbocycles. The monoisotopic (exact) mass is 287 g/mol. The molecule has 2 heteroatoms. The zero-order valence-corrected chi connectivity index (χ0v) is 13.3. The number of hydrogen-bond donors (Lipinski definition) is 1. The average Bonchev–Trinajstić information content (AvgIpc) is 3.37. The van der Waals surface area contributed by atoms with E-state index in [0.29, 0.717) is 6.10 Å². The van der Waals surface area contributed by atoms with Gasteiger partial charge in [0.25, 0.3) is 0 Å².